The fourth-order valence-electron chi connectivity index (χ4n) is 1.73. The second-order valence-electron chi connectivity index (χ2n) is 4.78. The predicted molar refractivity (Wildman–Crippen MR) is 80.9 cm³/mol. The van der Waals surface area contributed by atoms with Gasteiger partial charge in [-0.15, -0.1) is 0 Å². The van der Waals surface area contributed by atoms with Crippen LogP contribution in [0.5, 0.6) is 0 Å². The highest BCUT2D eigenvalue weighted by atomic mass is 16.2. The van der Waals surface area contributed by atoms with Gasteiger partial charge < -0.3 is 10.6 Å². The molecule has 0 radical (unpaired) electrons. The van der Waals surface area contributed by atoms with Crippen LogP contribution in [-0.2, 0) is 11.3 Å². The van der Waals surface area contributed by atoms with E-state index in [4.69, 9.17) is 0 Å². The number of anilines is 1. The zero-order valence-corrected chi connectivity index (χ0v) is 12.0. The van der Waals surface area contributed by atoms with E-state index in [0.29, 0.717) is 17.9 Å². The van der Waals surface area contributed by atoms with E-state index in [1.54, 1.807) is 24.4 Å². The summed E-state index contributed by atoms with van der Waals surface area (Å²) in [6.07, 6.45) is 1.70. The summed E-state index contributed by atoms with van der Waals surface area (Å²) in [5.41, 5.74) is 2.52. The summed E-state index contributed by atoms with van der Waals surface area (Å²) in [4.78, 5) is 27.0. The molecule has 0 fully saturated rings. The second kappa shape index (κ2) is 6.65. The van der Waals surface area contributed by atoms with Crippen molar-refractivity contribution in [2.24, 2.45) is 0 Å². The average Bonchev–Trinajstić information content (AvgIpc) is 2.48. The van der Waals surface area contributed by atoms with E-state index in [9.17, 15) is 9.59 Å². The first kappa shape index (κ1) is 14.7. The first-order valence-electron chi connectivity index (χ1n) is 6.62. The summed E-state index contributed by atoms with van der Waals surface area (Å²) in [5, 5.41) is 5.44. The maximum atomic E-state index is 12.1. The van der Waals surface area contributed by atoms with Crippen LogP contribution in [0.2, 0.25) is 0 Å². The Morgan fingerprint density at radius 3 is 2.38 bits per heavy atom. The summed E-state index contributed by atoms with van der Waals surface area (Å²) in [5.74, 6) is 0.229. The van der Waals surface area contributed by atoms with Crippen LogP contribution in [0.4, 0.5) is 5.82 Å². The molecule has 2 amide bonds. The van der Waals surface area contributed by atoms with Crippen molar-refractivity contribution in [2.75, 3.05) is 5.32 Å². The molecule has 108 valence electrons. The molecule has 0 aliphatic heterocycles. The molecule has 0 atom stereocenters. The van der Waals surface area contributed by atoms with Crippen molar-refractivity contribution in [3.8, 4) is 0 Å². The molecule has 0 aliphatic rings. The quantitative estimate of drug-likeness (QED) is 0.904. The molecule has 2 rings (SSSR count). The molecule has 1 aromatic carbocycles. The minimum atomic E-state index is -0.211. The molecule has 21 heavy (non-hydrogen) atoms. The Balaban J connectivity index is 1.99. The lowest BCUT2D eigenvalue weighted by Gasteiger charge is -2.06. The molecule has 0 unspecified atom stereocenters. The van der Waals surface area contributed by atoms with Gasteiger partial charge in [-0.3, -0.25) is 9.59 Å². The monoisotopic (exact) mass is 283 g/mol. The number of carbonyl (C=O) groups is 2. The number of carbonyl (C=O) groups excluding carboxylic acids is 2. The van der Waals surface area contributed by atoms with Crippen molar-refractivity contribution in [3.63, 3.8) is 0 Å². The Hall–Kier alpha value is -2.69. The highest BCUT2D eigenvalue weighted by Gasteiger charge is 2.06. The largest absolute Gasteiger partial charge is 0.352 e. The van der Waals surface area contributed by atoms with Gasteiger partial charge in [0.1, 0.15) is 5.82 Å². The van der Waals surface area contributed by atoms with Crippen LogP contribution < -0.4 is 10.6 Å². The number of pyridine rings is 1. The van der Waals surface area contributed by atoms with E-state index in [1.165, 1.54) is 6.92 Å². The summed E-state index contributed by atoms with van der Waals surface area (Å²) in [6, 6.07) is 10.7. The number of hydrogen-bond donors (Lipinski definition) is 2. The lowest BCUT2D eigenvalue weighted by molar-refractivity contribution is -0.119. The van der Waals surface area contributed by atoms with E-state index >= 15 is 0 Å². The number of hydrogen-bond acceptors (Lipinski definition) is 3. The number of aromatic nitrogens is 1. The second-order valence-corrected chi connectivity index (χ2v) is 4.78. The van der Waals surface area contributed by atoms with E-state index in [2.05, 4.69) is 15.6 Å². The Bertz CT molecular complexity index is 634. The average molecular weight is 283 g/mol. The van der Waals surface area contributed by atoms with E-state index in [-0.39, 0.29) is 11.8 Å². The Morgan fingerprint density at radius 2 is 1.81 bits per heavy atom. The normalized spacial score (nSPS) is 10.0. The third-order valence-corrected chi connectivity index (χ3v) is 2.91. The van der Waals surface area contributed by atoms with E-state index < -0.39 is 0 Å². The lowest BCUT2D eigenvalue weighted by atomic mass is 10.1. The van der Waals surface area contributed by atoms with Gasteiger partial charge in [0, 0.05) is 25.2 Å². The topological polar surface area (TPSA) is 71.1 Å². The molecule has 0 spiro atoms. The molecule has 1 aromatic heterocycles. The van der Waals surface area contributed by atoms with Crippen LogP contribution in [0.3, 0.4) is 0 Å². The first-order chi connectivity index (χ1) is 10.0. The summed E-state index contributed by atoms with van der Waals surface area (Å²) in [7, 11) is 0. The van der Waals surface area contributed by atoms with Gasteiger partial charge >= 0.3 is 0 Å². The molecule has 2 N–H and O–H groups in total. The summed E-state index contributed by atoms with van der Waals surface area (Å²) < 4.78 is 0. The zero-order valence-electron chi connectivity index (χ0n) is 12.0. The zero-order chi connectivity index (χ0) is 15.2. The minimum Gasteiger partial charge on any atom is -0.352 e. The van der Waals surface area contributed by atoms with Crippen LogP contribution in [0.25, 0.3) is 0 Å². The van der Waals surface area contributed by atoms with Crippen LogP contribution in [-0.4, -0.2) is 16.8 Å². The smallest absolute Gasteiger partial charge is 0.256 e. The van der Waals surface area contributed by atoms with Crippen LogP contribution >= 0.6 is 0 Å². The third-order valence-electron chi connectivity index (χ3n) is 2.91. The lowest BCUT2D eigenvalue weighted by Crippen LogP contribution is -2.19. The molecule has 5 nitrogen and oxygen atoms in total. The maximum absolute atomic E-state index is 12.1. The molecule has 0 bridgehead atoms. The number of amides is 2. The summed E-state index contributed by atoms with van der Waals surface area (Å²) >= 11 is 0. The number of nitrogens with zero attached hydrogens (tertiary/aromatic N) is 1. The Morgan fingerprint density at radius 1 is 1.10 bits per heavy atom. The van der Waals surface area contributed by atoms with Crippen molar-refractivity contribution in [3.05, 3.63) is 59.3 Å². The number of nitrogens with one attached hydrogen (secondary N) is 2. The first-order valence-corrected chi connectivity index (χ1v) is 6.62. The molecule has 0 aliphatic carbocycles. The van der Waals surface area contributed by atoms with Gasteiger partial charge in [0.05, 0.1) is 0 Å². The SMILES string of the molecule is CC(=O)NCc1ccc(C(=O)Nc2ccc(C)cn2)cc1. The fraction of sp³-hybridized carbons (Fsp3) is 0.188. The van der Waals surface area contributed by atoms with Gasteiger partial charge in [-0.2, -0.15) is 0 Å². The fourth-order valence-corrected chi connectivity index (χ4v) is 1.73. The van der Waals surface area contributed by atoms with Crippen LogP contribution in [0.1, 0.15) is 28.4 Å². The van der Waals surface area contributed by atoms with Crippen molar-refractivity contribution in [1.82, 2.24) is 10.3 Å². The van der Waals surface area contributed by atoms with E-state index in [1.807, 2.05) is 25.1 Å². The maximum Gasteiger partial charge on any atom is 0.256 e. The van der Waals surface area contributed by atoms with Crippen molar-refractivity contribution in [1.29, 1.82) is 0 Å². The van der Waals surface area contributed by atoms with Gasteiger partial charge in [-0.05, 0) is 36.2 Å². The molecular formula is C16H17N3O2. The minimum absolute atomic E-state index is 0.0812. The highest BCUT2D eigenvalue weighted by molar-refractivity contribution is 6.03. The summed E-state index contributed by atoms with van der Waals surface area (Å²) in [6.45, 7) is 3.86. The standard InChI is InChI=1S/C16H17N3O2/c1-11-3-8-15(18-9-11)19-16(21)14-6-4-13(5-7-14)10-17-12(2)20/h3-9H,10H2,1-2H3,(H,17,20)(H,18,19,21). The molecule has 0 saturated carbocycles. The number of rotatable bonds is 4. The Kier molecular flexibility index (Phi) is 4.66. The number of benzene rings is 1. The number of aryl methyl sites for hydroxylation is 1. The Labute approximate surface area is 123 Å². The van der Waals surface area contributed by atoms with Crippen LogP contribution in [0, 0.1) is 6.92 Å². The van der Waals surface area contributed by atoms with Gasteiger partial charge in [-0.25, -0.2) is 4.98 Å². The van der Waals surface area contributed by atoms with Gasteiger partial charge in [0.2, 0.25) is 5.91 Å². The van der Waals surface area contributed by atoms with Gasteiger partial charge in [-0.1, -0.05) is 18.2 Å². The van der Waals surface area contributed by atoms with Gasteiger partial charge in [0.25, 0.3) is 5.91 Å². The molecule has 1 heterocycles. The molecule has 2 aromatic rings. The van der Waals surface area contributed by atoms with Gasteiger partial charge in [0.15, 0.2) is 0 Å². The van der Waals surface area contributed by atoms with Crippen LogP contribution in [0.15, 0.2) is 42.6 Å². The molecule has 5 heteroatoms. The highest BCUT2D eigenvalue weighted by Crippen LogP contribution is 2.09. The molecular weight excluding hydrogens is 266 g/mol. The predicted octanol–water partition coefficient (Wildman–Crippen LogP) is 2.28. The van der Waals surface area contributed by atoms with Crippen molar-refractivity contribution in [2.45, 2.75) is 20.4 Å². The van der Waals surface area contributed by atoms with Crippen molar-refractivity contribution >= 4 is 17.6 Å². The van der Waals surface area contributed by atoms with Crippen molar-refractivity contribution < 1.29 is 9.59 Å². The molecule has 0 saturated heterocycles. The van der Waals surface area contributed by atoms with E-state index in [0.717, 1.165) is 11.1 Å². The third kappa shape index (κ3) is 4.42.